The largest absolute Gasteiger partial charge is 0.462 e. The van der Waals surface area contributed by atoms with Crippen LogP contribution < -0.4 is 0 Å². The molecule has 0 fully saturated rings. The number of hydrogen-bond acceptors (Lipinski definition) is 5. The SMILES string of the molecule is CC/C=C\C/C=C\C/C=C\C/C=C\C/C=C\C/C=C\CCC(=O)O[C@@H](CO)COC(=O)CCCCCCC/C=C\C/C=C\CCCC. The monoisotopic (exact) mass is 650 g/mol. The molecule has 0 amide bonds. The molecule has 47 heavy (non-hydrogen) atoms. The van der Waals surface area contributed by atoms with Crippen LogP contribution in [0, 0.1) is 0 Å². The van der Waals surface area contributed by atoms with E-state index >= 15 is 0 Å². The molecular formula is C42H66O5. The van der Waals surface area contributed by atoms with Crippen molar-refractivity contribution >= 4 is 11.9 Å². The molecule has 0 bridgehead atoms. The minimum Gasteiger partial charge on any atom is -0.462 e. The Labute approximate surface area is 288 Å². The Morgan fingerprint density at radius 1 is 0.511 bits per heavy atom. The van der Waals surface area contributed by atoms with E-state index in [0.29, 0.717) is 12.8 Å². The van der Waals surface area contributed by atoms with Crippen LogP contribution in [0.1, 0.15) is 136 Å². The third kappa shape index (κ3) is 35.5. The van der Waals surface area contributed by atoms with E-state index in [0.717, 1.165) is 77.0 Å². The fourth-order valence-corrected chi connectivity index (χ4v) is 4.36. The number of allylic oxidation sites excluding steroid dienone is 16. The molecule has 0 spiro atoms. The lowest BCUT2D eigenvalue weighted by molar-refractivity contribution is -0.161. The summed E-state index contributed by atoms with van der Waals surface area (Å²) in [4.78, 5) is 24.2. The Kier molecular flexibility index (Phi) is 34.8. The number of carbonyl (C=O) groups excluding carboxylic acids is 2. The predicted octanol–water partition coefficient (Wildman–Crippen LogP) is 11.3. The van der Waals surface area contributed by atoms with Gasteiger partial charge in [0.1, 0.15) is 6.61 Å². The van der Waals surface area contributed by atoms with Gasteiger partial charge in [-0.15, -0.1) is 0 Å². The molecule has 0 radical (unpaired) electrons. The summed E-state index contributed by atoms with van der Waals surface area (Å²) in [6.45, 7) is 3.88. The Morgan fingerprint density at radius 2 is 0.957 bits per heavy atom. The van der Waals surface area contributed by atoms with Gasteiger partial charge in [0.15, 0.2) is 6.10 Å². The fraction of sp³-hybridized carbons (Fsp3) is 0.571. The van der Waals surface area contributed by atoms with E-state index in [1.54, 1.807) is 0 Å². The first-order valence-corrected chi connectivity index (χ1v) is 18.3. The molecule has 0 aromatic heterocycles. The van der Waals surface area contributed by atoms with Gasteiger partial charge in [-0.25, -0.2) is 0 Å². The third-order valence-electron chi connectivity index (χ3n) is 7.13. The minimum atomic E-state index is -0.823. The Balaban J connectivity index is 3.78. The molecule has 1 atom stereocenters. The van der Waals surface area contributed by atoms with E-state index in [1.807, 2.05) is 12.2 Å². The molecule has 0 saturated heterocycles. The molecule has 5 nitrogen and oxygen atoms in total. The lowest BCUT2D eigenvalue weighted by Crippen LogP contribution is -2.28. The Morgan fingerprint density at radius 3 is 1.47 bits per heavy atom. The summed E-state index contributed by atoms with van der Waals surface area (Å²) in [6.07, 6.45) is 51.8. The molecule has 0 rings (SSSR count). The maximum absolute atomic E-state index is 12.1. The lowest BCUT2D eigenvalue weighted by atomic mass is 10.1. The zero-order chi connectivity index (χ0) is 34.3. The summed E-state index contributed by atoms with van der Waals surface area (Å²) >= 11 is 0. The standard InChI is InChI=1S/C42H66O5/c1-3-5-7-9-11-13-15-17-19-20-21-22-23-25-27-29-31-33-35-37-42(45)47-40(38-43)39-46-41(44)36-34-32-30-28-26-24-18-16-14-12-10-8-6-4-2/h5,7,10-13,16-19,21-22,25,27,31,33,40,43H,3-4,6,8-9,14-15,20,23-24,26,28-30,32,34-39H2,1-2H3/b7-5-,12-10-,13-11-,18-16-,19-17-,22-21-,27-25-,33-31-/t40-/m0/s1. The lowest BCUT2D eigenvalue weighted by Gasteiger charge is -2.15. The number of aliphatic hydroxyl groups is 1. The number of carbonyl (C=O) groups is 2. The average molecular weight is 651 g/mol. The highest BCUT2D eigenvalue weighted by molar-refractivity contribution is 5.70. The molecule has 0 aromatic carbocycles. The van der Waals surface area contributed by atoms with Crippen LogP contribution in [-0.4, -0.2) is 36.4 Å². The van der Waals surface area contributed by atoms with Crippen LogP contribution in [0.4, 0.5) is 0 Å². The van der Waals surface area contributed by atoms with Gasteiger partial charge < -0.3 is 14.6 Å². The maximum atomic E-state index is 12.1. The van der Waals surface area contributed by atoms with Gasteiger partial charge in [-0.2, -0.15) is 0 Å². The van der Waals surface area contributed by atoms with E-state index < -0.39 is 12.1 Å². The second kappa shape index (κ2) is 37.3. The van der Waals surface area contributed by atoms with Crippen molar-refractivity contribution in [2.75, 3.05) is 13.2 Å². The highest BCUT2D eigenvalue weighted by Gasteiger charge is 2.15. The first-order chi connectivity index (χ1) is 23.1. The van der Waals surface area contributed by atoms with Gasteiger partial charge in [0.2, 0.25) is 0 Å². The van der Waals surface area contributed by atoms with Gasteiger partial charge in [-0.05, 0) is 77.0 Å². The summed E-state index contributed by atoms with van der Waals surface area (Å²) < 4.78 is 10.5. The second-order valence-corrected chi connectivity index (χ2v) is 11.6. The molecule has 0 unspecified atom stereocenters. The normalized spacial score (nSPS) is 13.3. The first kappa shape index (κ1) is 43.8. The smallest absolute Gasteiger partial charge is 0.306 e. The molecule has 5 heteroatoms. The topological polar surface area (TPSA) is 72.8 Å². The highest BCUT2D eigenvalue weighted by Crippen LogP contribution is 2.09. The molecule has 0 saturated carbocycles. The first-order valence-electron chi connectivity index (χ1n) is 18.3. The van der Waals surface area contributed by atoms with Crippen molar-refractivity contribution in [1.82, 2.24) is 0 Å². The molecule has 264 valence electrons. The van der Waals surface area contributed by atoms with E-state index in [2.05, 4.69) is 98.9 Å². The maximum Gasteiger partial charge on any atom is 0.306 e. The van der Waals surface area contributed by atoms with Crippen LogP contribution >= 0.6 is 0 Å². The Hall–Kier alpha value is -3.18. The number of unbranched alkanes of at least 4 members (excludes halogenated alkanes) is 7. The van der Waals surface area contributed by atoms with E-state index in [9.17, 15) is 14.7 Å². The molecule has 0 aliphatic heterocycles. The predicted molar refractivity (Wildman–Crippen MR) is 200 cm³/mol. The highest BCUT2D eigenvalue weighted by atomic mass is 16.6. The zero-order valence-electron chi connectivity index (χ0n) is 29.7. The van der Waals surface area contributed by atoms with Crippen molar-refractivity contribution in [3.63, 3.8) is 0 Å². The van der Waals surface area contributed by atoms with Crippen LogP contribution in [0.5, 0.6) is 0 Å². The van der Waals surface area contributed by atoms with Gasteiger partial charge in [0.25, 0.3) is 0 Å². The van der Waals surface area contributed by atoms with Crippen LogP contribution in [0.3, 0.4) is 0 Å². The van der Waals surface area contributed by atoms with Crippen molar-refractivity contribution < 1.29 is 24.2 Å². The van der Waals surface area contributed by atoms with Crippen molar-refractivity contribution in [3.05, 3.63) is 97.2 Å². The van der Waals surface area contributed by atoms with E-state index in [4.69, 9.17) is 9.47 Å². The number of aliphatic hydroxyl groups excluding tert-OH is 1. The van der Waals surface area contributed by atoms with Gasteiger partial charge >= 0.3 is 11.9 Å². The molecular weight excluding hydrogens is 584 g/mol. The third-order valence-corrected chi connectivity index (χ3v) is 7.13. The number of ether oxygens (including phenoxy) is 2. The Bertz CT molecular complexity index is 964. The molecule has 0 aromatic rings. The number of rotatable bonds is 31. The summed E-state index contributed by atoms with van der Waals surface area (Å²) in [7, 11) is 0. The van der Waals surface area contributed by atoms with Crippen LogP contribution in [-0.2, 0) is 19.1 Å². The van der Waals surface area contributed by atoms with Gasteiger partial charge in [0.05, 0.1) is 6.61 Å². The van der Waals surface area contributed by atoms with Crippen LogP contribution in [0.15, 0.2) is 97.2 Å². The van der Waals surface area contributed by atoms with Crippen molar-refractivity contribution in [3.8, 4) is 0 Å². The van der Waals surface area contributed by atoms with Crippen molar-refractivity contribution in [2.45, 2.75) is 142 Å². The van der Waals surface area contributed by atoms with E-state index in [-0.39, 0.29) is 25.6 Å². The fourth-order valence-electron chi connectivity index (χ4n) is 4.36. The van der Waals surface area contributed by atoms with Gasteiger partial charge in [-0.3, -0.25) is 9.59 Å². The summed E-state index contributed by atoms with van der Waals surface area (Å²) in [5, 5.41) is 9.52. The van der Waals surface area contributed by atoms with E-state index in [1.165, 1.54) is 25.7 Å². The van der Waals surface area contributed by atoms with Gasteiger partial charge in [-0.1, -0.05) is 143 Å². The number of esters is 2. The molecule has 0 aliphatic rings. The van der Waals surface area contributed by atoms with Crippen molar-refractivity contribution in [1.29, 1.82) is 0 Å². The zero-order valence-corrected chi connectivity index (χ0v) is 29.7. The van der Waals surface area contributed by atoms with Crippen molar-refractivity contribution in [2.24, 2.45) is 0 Å². The summed E-state index contributed by atoms with van der Waals surface area (Å²) in [5.41, 5.74) is 0. The molecule has 1 N–H and O–H groups in total. The van der Waals surface area contributed by atoms with Crippen LogP contribution in [0.25, 0.3) is 0 Å². The minimum absolute atomic E-state index is 0.110. The summed E-state index contributed by atoms with van der Waals surface area (Å²) in [5.74, 6) is -0.717. The average Bonchev–Trinajstić information content (AvgIpc) is 3.07. The molecule has 0 aliphatic carbocycles. The van der Waals surface area contributed by atoms with Crippen LogP contribution in [0.2, 0.25) is 0 Å². The molecule has 0 heterocycles. The van der Waals surface area contributed by atoms with Gasteiger partial charge in [0, 0.05) is 12.8 Å². The second-order valence-electron chi connectivity index (χ2n) is 11.6. The quantitative estimate of drug-likeness (QED) is 0.0459. The number of hydrogen-bond donors (Lipinski definition) is 1. The summed E-state index contributed by atoms with van der Waals surface area (Å²) in [6, 6.07) is 0.